The van der Waals surface area contributed by atoms with Crippen molar-refractivity contribution in [1.82, 2.24) is 0 Å². The van der Waals surface area contributed by atoms with E-state index in [1.165, 1.54) is 24.0 Å². The van der Waals surface area contributed by atoms with Gasteiger partial charge in [0.2, 0.25) is 0 Å². The number of rotatable bonds is 2. The molecule has 0 nitrogen and oxygen atoms in total. The topological polar surface area (TPSA) is 0 Å². The van der Waals surface area contributed by atoms with E-state index in [4.69, 9.17) is 11.6 Å². The van der Waals surface area contributed by atoms with Gasteiger partial charge in [0.15, 0.2) is 0 Å². The van der Waals surface area contributed by atoms with Gasteiger partial charge in [0, 0.05) is 5.56 Å². The van der Waals surface area contributed by atoms with Crippen LogP contribution in [0.2, 0.25) is 0 Å². The largest absolute Gasteiger partial charge is 0.206 e. The summed E-state index contributed by atoms with van der Waals surface area (Å²) < 4.78 is 14.2. The second-order valence-electron chi connectivity index (χ2n) is 5.58. The quantitative estimate of drug-likeness (QED) is 0.654. The lowest BCUT2D eigenvalue weighted by molar-refractivity contribution is 0.603. The summed E-state index contributed by atoms with van der Waals surface area (Å²) in [7, 11) is 0. The number of hydrogen-bond donors (Lipinski definition) is 0. The normalized spacial score (nSPS) is 15.8. The Labute approximate surface area is 124 Å². The first-order valence-corrected chi connectivity index (χ1v) is 7.61. The van der Waals surface area contributed by atoms with Crippen molar-refractivity contribution >= 4 is 11.6 Å². The highest BCUT2D eigenvalue weighted by Gasteiger charge is 2.18. The highest BCUT2D eigenvalue weighted by molar-refractivity contribution is 6.22. The molecule has 1 aliphatic carbocycles. The summed E-state index contributed by atoms with van der Waals surface area (Å²) in [6.45, 7) is 1.77. The van der Waals surface area contributed by atoms with E-state index in [1.807, 2.05) is 12.1 Å². The van der Waals surface area contributed by atoms with Gasteiger partial charge in [-0.25, -0.2) is 4.39 Å². The predicted molar refractivity (Wildman–Crippen MR) is 81.9 cm³/mol. The average molecular weight is 289 g/mol. The van der Waals surface area contributed by atoms with Crippen molar-refractivity contribution in [1.29, 1.82) is 0 Å². The monoisotopic (exact) mass is 288 g/mol. The van der Waals surface area contributed by atoms with Gasteiger partial charge in [-0.15, -0.1) is 11.6 Å². The summed E-state index contributed by atoms with van der Waals surface area (Å²) in [6, 6.07) is 11.8. The van der Waals surface area contributed by atoms with E-state index in [9.17, 15) is 4.39 Å². The standard InChI is InChI=1S/C18H18ClF/c1-12-5-4-8-16(18(12)20)17(19)15-10-9-13-6-2-3-7-14(13)11-15/h4-5,8-11,17H,2-3,6-7H2,1H3. The minimum Gasteiger partial charge on any atom is -0.206 e. The summed E-state index contributed by atoms with van der Waals surface area (Å²) in [6.07, 6.45) is 4.77. The van der Waals surface area contributed by atoms with Crippen molar-refractivity contribution in [3.63, 3.8) is 0 Å². The fourth-order valence-corrected chi connectivity index (χ4v) is 3.26. The van der Waals surface area contributed by atoms with Gasteiger partial charge in [-0.1, -0.05) is 36.4 Å². The molecule has 0 N–H and O–H groups in total. The van der Waals surface area contributed by atoms with E-state index in [0.29, 0.717) is 11.1 Å². The summed E-state index contributed by atoms with van der Waals surface area (Å²) in [4.78, 5) is 0. The minimum atomic E-state index is -0.415. The van der Waals surface area contributed by atoms with Crippen LogP contribution in [0, 0.1) is 12.7 Å². The van der Waals surface area contributed by atoms with E-state index in [-0.39, 0.29) is 5.82 Å². The summed E-state index contributed by atoms with van der Waals surface area (Å²) in [5, 5.41) is -0.415. The van der Waals surface area contributed by atoms with E-state index < -0.39 is 5.38 Å². The van der Waals surface area contributed by atoms with Crippen molar-refractivity contribution in [2.45, 2.75) is 38.0 Å². The zero-order chi connectivity index (χ0) is 14.1. The molecular weight excluding hydrogens is 271 g/mol. The van der Waals surface area contributed by atoms with Crippen LogP contribution in [0.3, 0.4) is 0 Å². The Morgan fingerprint density at radius 1 is 1.05 bits per heavy atom. The molecule has 2 aromatic rings. The molecule has 104 valence electrons. The molecule has 0 aromatic heterocycles. The Balaban J connectivity index is 1.98. The number of alkyl halides is 1. The second-order valence-corrected chi connectivity index (χ2v) is 6.01. The van der Waals surface area contributed by atoms with Gasteiger partial charge in [-0.2, -0.15) is 0 Å². The maximum Gasteiger partial charge on any atom is 0.131 e. The third-order valence-corrected chi connectivity index (χ3v) is 4.65. The molecule has 0 heterocycles. The number of hydrogen-bond acceptors (Lipinski definition) is 0. The van der Waals surface area contributed by atoms with Crippen LogP contribution in [0.5, 0.6) is 0 Å². The number of benzene rings is 2. The molecule has 0 fully saturated rings. The number of fused-ring (bicyclic) bond motifs is 1. The van der Waals surface area contributed by atoms with Crippen LogP contribution in [-0.2, 0) is 12.8 Å². The Hall–Kier alpha value is -1.34. The predicted octanol–water partition coefficient (Wildman–Crippen LogP) is 5.34. The SMILES string of the molecule is Cc1cccc(C(Cl)c2ccc3c(c2)CCCC3)c1F. The Kier molecular flexibility index (Phi) is 3.80. The van der Waals surface area contributed by atoms with Crippen LogP contribution in [0.15, 0.2) is 36.4 Å². The molecule has 0 aliphatic heterocycles. The molecule has 0 saturated heterocycles. The van der Waals surface area contributed by atoms with Crippen LogP contribution in [0.25, 0.3) is 0 Å². The third-order valence-electron chi connectivity index (χ3n) is 4.16. The van der Waals surface area contributed by atoms with Crippen LogP contribution < -0.4 is 0 Å². The molecular formula is C18H18ClF. The number of aryl methyl sites for hydroxylation is 3. The minimum absolute atomic E-state index is 0.190. The van der Waals surface area contributed by atoms with E-state index >= 15 is 0 Å². The average Bonchev–Trinajstić information content (AvgIpc) is 2.49. The maximum absolute atomic E-state index is 14.2. The summed E-state index contributed by atoms with van der Waals surface area (Å²) in [5.41, 5.74) is 5.02. The highest BCUT2D eigenvalue weighted by Crippen LogP contribution is 2.34. The van der Waals surface area contributed by atoms with E-state index in [1.54, 1.807) is 19.1 Å². The summed E-state index contributed by atoms with van der Waals surface area (Å²) in [5.74, 6) is -0.190. The van der Waals surface area contributed by atoms with E-state index in [0.717, 1.165) is 18.4 Å². The number of halogens is 2. The third kappa shape index (κ3) is 2.47. The first kappa shape index (κ1) is 13.6. The molecule has 0 saturated carbocycles. The smallest absolute Gasteiger partial charge is 0.131 e. The van der Waals surface area contributed by atoms with Crippen LogP contribution >= 0.6 is 11.6 Å². The molecule has 0 spiro atoms. The fraction of sp³-hybridized carbons (Fsp3) is 0.333. The van der Waals surface area contributed by atoms with Gasteiger partial charge in [0.1, 0.15) is 5.82 Å². The molecule has 0 bridgehead atoms. The van der Waals surface area contributed by atoms with E-state index in [2.05, 4.69) is 12.1 Å². The van der Waals surface area contributed by atoms with Crippen LogP contribution in [0.4, 0.5) is 4.39 Å². The van der Waals surface area contributed by atoms with Gasteiger partial charge in [0.05, 0.1) is 5.38 Å². The lowest BCUT2D eigenvalue weighted by Crippen LogP contribution is -2.05. The maximum atomic E-state index is 14.2. The zero-order valence-electron chi connectivity index (χ0n) is 11.6. The molecule has 2 aromatic carbocycles. The van der Waals surface area contributed by atoms with Gasteiger partial charge >= 0.3 is 0 Å². The molecule has 0 amide bonds. The first-order chi connectivity index (χ1) is 9.66. The fourth-order valence-electron chi connectivity index (χ4n) is 2.96. The second kappa shape index (κ2) is 5.57. The van der Waals surface area contributed by atoms with Crippen molar-refractivity contribution in [2.24, 2.45) is 0 Å². The van der Waals surface area contributed by atoms with Gasteiger partial charge in [0.25, 0.3) is 0 Å². The van der Waals surface area contributed by atoms with Gasteiger partial charge in [-0.05, 0) is 54.9 Å². The molecule has 20 heavy (non-hydrogen) atoms. The molecule has 3 rings (SSSR count). The van der Waals surface area contributed by atoms with Gasteiger partial charge in [-0.3, -0.25) is 0 Å². The molecule has 2 heteroatoms. The van der Waals surface area contributed by atoms with Crippen molar-refractivity contribution < 1.29 is 4.39 Å². The van der Waals surface area contributed by atoms with Crippen molar-refractivity contribution in [2.75, 3.05) is 0 Å². The van der Waals surface area contributed by atoms with Crippen molar-refractivity contribution in [3.8, 4) is 0 Å². The van der Waals surface area contributed by atoms with Crippen LogP contribution in [-0.4, -0.2) is 0 Å². The highest BCUT2D eigenvalue weighted by atomic mass is 35.5. The Morgan fingerprint density at radius 3 is 2.60 bits per heavy atom. The lowest BCUT2D eigenvalue weighted by Gasteiger charge is -2.19. The first-order valence-electron chi connectivity index (χ1n) is 7.17. The Morgan fingerprint density at radius 2 is 1.80 bits per heavy atom. The molecule has 1 unspecified atom stereocenters. The van der Waals surface area contributed by atoms with Crippen LogP contribution in [0.1, 0.15) is 46.0 Å². The van der Waals surface area contributed by atoms with Gasteiger partial charge < -0.3 is 0 Å². The molecule has 1 aliphatic rings. The molecule has 1 atom stereocenters. The lowest BCUT2D eigenvalue weighted by atomic mass is 9.89. The summed E-state index contributed by atoms with van der Waals surface area (Å²) >= 11 is 6.51. The van der Waals surface area contributed by atoms with Crippen molar-refractivity contribution in [3.05, 3.63) is 70.0 Å². The Bertz CT molecular complexity index is 633. The molecule has 0 radical (unpaired) electrons. The zero-order valence-corrected chi connectivity index (χ0v) is 12.4.